The summed E-state index contributed by atoms with van der Waals surface area (Å²) in [5.41, 5.74) is 0. The van der Waals surface area contributed by atoms with Crippen molar-refractivity contribution in [3.8, 4) is 0 Å². The van der Waals surface area contributed by atoms with Crippen LogP contribution in [0.15, 0.2) is 0 Å². The van der Waals surface area contributed by atoms with E-state index in [9.17, 15) is 18.1 Å². The predicted molar refractivity (Wildman–Crippen MR) is 67.8 cm³/mol. The van der Waals surface area contributed by atoms with E-state index in [4.69, 9.17) is 0 Å². The molecule has 0 aromatic rings. The van der Waals surface area contributed by atoms with Crippen molar-refractivity contribution in [2.24, 2.45) is 0 Å². The molecule has 1 N–H and O–H groups in total. The molecule has 0 amide bonds. The molecule has 0 fully saturated rings. The van der Waals surface area contributed by atoms with Crippen LogP contribution in [0, 0.1) is 0 Å². The van der Waals surface area contributed by atoms with E-state index >= 15 is 0 Å². The van der Waals surface area contributed by atoms with Gasteiger partial charge in [-0.2, -0.15) is 0 Å². The molecule has 2 atom stereocenters. The van der Waals surface area contributed by atoms with Crippen molar-refractivity contribution in [2.75, 3.05) is 0 Å². The van der Waals surface area contributed by atoms with Gasteiger partial charge in [0, 0.05) is 5.25 Å². The Kier molecular flexibility index (Phi) is 14.9. The molecule has 4 nitrogen and oxygen atoms in total. The van der Waals surface area contributed by atoms with Gasteiger partial charge in [0.25, 0.3) is 0 Å². The van der Waals surface area contributed by atoms with Crippen molar-refractivity contribution < 1.29 is 69.5 Å². The molecule has 0 saturated carbocycles. The zero-order valence-corrected chi connectivity index (χ0v) is 15.8. The second-order valence-corrected chi connectivity index (χ2v) is 6.26. The largest absolute Gasteiger partial charge is 1.00 e. The van der Waals surface area contributed by atoms with Gasteiger partial charge in [-0.3, -0.25) is 0 Å². The third-order valence-corrected chi connectivity index (χ3v) is 4.46. The molecule has 0 aliphatic carbocycles. The van der Waals surface area contributed by atoms with Crippen molar-refractivity contribution in [2.45, 2.75) is 76.6 Å². The number of aliphatic hydroxyl groups is 1. The van der Waals surface area contributed by atoms with Crippen molar-refractivity contribution in [3.05, 3.63) is 0 Å². The summed E-state index contributed by atoms with van der Waals surface area (Å²) >= 11 is 0. The third-order valence-electron chi connectivity index (χ3n) is 3.08. The summed E-state index contributed by atoms with van der Waals surface area (Å²) in [5, 5.41) is 8.82. The molecule has 0 spiro atoms. The zero-order valence-electron chi connectivity index (χ0n) is 11.9. The molecule has 0 radical (unpaired) electrons. The summed E-state index contributed by atoms with van der Waals surface area (Å²) in [4.78, 5) is 0. The maximum atomic E-state index is 10.8. The molecular formula is C12H25KO4S. The van der Waals surface area contributed by atoms with Gasteiger partial charge >= 0.3 is 51.4 Å². The quantitative estimate of drug-likeness (QED) is 0.333. The van der Waals surface area contributed by atoms with E-state index < -0.39 is 21.5 Å². The van der Waals surface area contributed by atoms with Crippen LogP contribution in [-0.2, 0) is 10.1 Å². The van der Waals surface area contributed by atoms with Gasteiger partial charge in [-0.1, -0.05) is 39.5 Å². The summed E-state index contributed by atoms with van der Waals surface area (Å²) < 4.78 is 32.5. The van der Waals surface area contributed by atoms with Crippen LogP contribution >= 0.6 is 0 Å². The van der Waals surface area contributed by atoms with E-state index in [1.54, 1.807) is 6.92 Å². The average Bonchev–Trinajstić information content (AvgIpc) is 2.23. The fourth-order valence-corrected chi connectivity index (χ4v) is 2.71. The van der Waals surface area contributed by atoms with Gasteiger partial charge in [-0.25, -0.2) is 8.42 Å². The van der Waals surface area contributed by atoms with Crippen LogP contribution in [0.5, 0.6) is 0 Å². The Morgan fingerprint density at radius 3 is 2.11 bits per heavy atom. The first-order valence-corrected chi connectivity index (χ1v) is 8.01. The smallest absolute Gasteiger partial charge is 0.748 e. The van der Waals surface area contributed by atoms with Crippen LogP contribution in [-0.4, -0.2) is 29.4 Å². The SMILES string of the molecule is CCCCCCC(O)CCC(CC)S(=O)(=O)[O-].[K+]. The molecule has 0 aliphatic heterocycles. The van der Waals surface area contributed by atoms with Crippen LogP contribution in [0.3, 0.4) is 0 Å². The van der Waals surface area contributed by atoms with Crippen molar-refractivity contribution in [1.82, 2.24) is 0 Å². The first kappa shape index (κ1) is 21.8. The zero-order chi connectivity index (χ0) is 13.3. The average molecular weight is 304 g/mol. The summed E-state index contributed by atoms with van der Waals surface area (Å²) in [6.07, 6.45) is 5.64. The first-order valence-electron chi connectivity index (χ1n) is 6.54. The molecule has 0 heterocycles. The molecule has 18 heavy (non-hydrogen) atoms. The van der Waals surface area contributed by atoms with E-state index in [1.807, 2.05) is 0 Å². The molecule has 0 bridgehead atoms. The van der Waals surface area contributed by atoms with Crippen LogP contribution in [0.4, 0.5) is 0 Å². The van der Waals surface area contributed by atoms with Gasteiger partial charge < -0.3 is 9.66 Å². The third kappa shape index (κ3) is 11.3. The minimum absolute atomic E-state index is 0. The summed E-state index contributed by atoms with van der Waals surface area (Å²) in [6.45, 7) is 3.81. The molecule has 2 unspecified atom stereocenters. The van der Waals surface area contributed by atoms with Gasteiger partial charge in [-0.05, 0) is 25.7 Å². The number of hydrogen-bond donors (Lipinski definition) is 1. The van der Waals surface area contributed by atoms with E-state index in [0.29, 0.717) is 19.3 Å². The van der Waals surface area contributed by atoms with Gasteiger partial charge in [0.1, 0.15) is 0 Å². The molecular weight excluding hydrogens is 279 g/mol. The fraction of sp³-hybridized carbons (Fsp3) is 1.00. The molecule has 0 saturated heterocycles. The molecule has 0 aromatic carbocycles. The van der Waals surface area contributed by atoms with E-state index in [0.717, 1.165) is 19.3 Å². The Morgan fingerprint density at radius 2 is 1.67 bits per heavy atom. The Balaban J connectivity index is 0. The molecule has 0 rings (SSSR count). The van der Waals surface area contributed by atoms with Crippen LogP contribution < -0.4 is 51.4 Å². The van der Waals surface area contributed by atoms with Crippen molar-refractivity contribution in [3.63, 3.8) is 0 Å². The Hall–Kier alpha value is 1.51. The Morgan fingerprint density at radius 1 is 1.06 bits per heavy atom. The second-order valence-electron chi connectivity index (χ2n) is 4.60. The van der Waals surface area contributed by atoms with Gasteiger partial charge in [0.2, 0.25) is 0 Å². The van der Waals surface area contributed by atoms with Gasteiger partial charge in [0.15, 0.2) is 0 Å². The fourth-order valence-electron chi connectivity index (χ4n) is 1.88. The summed E-state index contributed by atoms with van der Waals surface area (Å²) in [5.74, 6) is 0. The van der Waals surface area contributed by atoms with Crippen molar-refractivity contribution in [1.29, 1.82) is 0 Å². The maximum absolute atomic E-state index is 10.8. The number of unbranched alkanes of at least 4 members (excludes halogenated alkanes) is 3. The predicted octanol–water partition coefficient (Wildman–Crippen LogP) is -0.574. The minimum atomic E-state index is -4.20. The summed E-state index contributed by atoms with van der Waals surface area (Å²) in [6, 6.07) is 0. The number of rotatable bonds is 10. The van der Waals surface area contributed by atoms with Crippen molar-refractivity contribution >= 4 is 10.1 Å². The second kappa shape index (κ2) is 12.3. The van der Waals surface area contributed by atoms with Crippen LogP contribution in [0.1, 0.15) is 65.2 Å². The molecule has 0 aliphatic rings. The standard InChI is InChI=1S/C12H26O4S.K/c1-3-5-6-7-8-11(13)9-10-12(4-2)17(14,15)16;/h11-13H,3-10H2,1-2H3,(H,14,15,16);/q;+1/p-1. The van der Waals surface area contributed by atoms with E-state index in [-0.39, 0.29) is 57.8 Å². The Labute approximate surface area is 154 Å². The summed E-state index contributed by atoms with van der Waals surface area (Å²) in [7, 11) is -4.20. The number of hydrogen-bond acceptors (Lipinski definition) is 4. The monoisotopic (exact) mass is 304 g/mol. The minimum Gasteiger partial charge on any atom is -0.748 e. The topological polar surface area (TPSA) is 77.4 Å². The molecule has 104 valence electrons. The van der Waals surface area contributed by atoms with Crippen LogP contribution in [0.2, 0.25) is 0 Å². The molecule has 0 aromatic heterocycles. The Bertz CT molecular complexity index is 280. The van der Waals surface area contributed by atoms with E-state index in [2.05, 4.69) is 6.92 Å². The normalized spacial score (nSPS) is 14.9. The first-order chi connectivity index (χ1) is 7.91. The van der Waals surface area contributed by atoms with Crippen LogP contribution in [0.25, 0.3) is 0 Å². The number of aliphatic hydroxyl groups excluding tert-OH is 1. The maximum Gasteiger partial charge on any atom is 1.00 e. The molecule has 6 heteroatoms. The van der Waals surface area contributed by atoms with Gasteiger partial charge in [0.05, 0.1) is 16.2 Å². The van der Waals surface area contributed by atoms with Gasteiger partial charge in [-0.15, -0.1) is 0 Å². The van der Waals surface area contributed by atoms with E-state index in [1.165, 1.54) is 6.42 Å².